The van der Waals surface area contributed by atoms with E-state index >= 15 is 0 Å². The number of benzene rings is 1. The summed E-state index contributed by atoms with van der Waals surface area (Å²) in [4.78, 5) is 7.18. The molecule has 0 bridgehead atoms. The SMILES string of the molecule is CCNC(=NCc1ccc(C)cc1OCCCOC)NCCCN1CCC(O)CC1.I. The summed E-state index contributed by atoms with van der Waals surface area (Å²) in [5.41, 5.74) is 2.27. The van der Waals surface area contributed by atoms with Gasteiger partial charge in [-0.25, -0.2) is 4.99 Å². The lowest BCUT2D eigenvalue weighted by Gasteiger charge is -2.29. The number of nitrogens with one attached hydrogen (secondary N) is 2. The van der Waals surface area contributed by atoms with Crippen LogP contribution in [0, 0.1) is 6.92 Å². The average molecular weight is 549 g/mol. The third-order valence-corrected chi connectivity index (χ3v) is 5.23. The molecule has 1 aliphatic heterocycles. The number of aliphatic imine (C=N–C) groups is 1. The smallest absolute Gasteiger partial charge is 0.191 e. The summed E-state index contributed by atoms with van der Waals surface area (Å²) in [6.45, 7) is 10.8. The number of aliphatic hydroxyl groups excluding tert-OH is 1. The van der Waals surface area contributed by atoms with Gasteiger partial charge in [0.1, 0.15) is 5.75 Å². The summed E-state index contributed by atoms with van der Waals surface area (Å²) in [7, 11) is 1.71. The third-order valence-electron chi connectivity index (χ3n) is 5.23. The molecule has 0 saturated carbocycles. The molecule has 0 spiro atoms. The van der Waals surface area contributed by atoms with E-state index in [1.165, 1.54) is 5.56 Å². The second-order valence-corrected chi connectivity index (χ2v) is 7.85. The van der Waals surface area contributed by atoms with E-state index in [4.69, 9.17) is 14.5 Å². The molecule has 1 aromatic rings. The lowest BCUT2D eigenvalue weighted by atomic mass is 10.1. The van der Waals surface area contributed by atoms with Crippen molar-refractivity contribution in [1.29, 1.82) is 0 Å². The Kier molecular flexibility index (Phi) is 14.9. The van der Waals surface area contributed by atoms with E-state index in [0.717, 1.165) is 75.7 Å². The van der Waals surface area contributed by atoms with Gasteiger partial charge in [-0.1, -0.05) is 12.1 Å². The zero-order valence-electron chi connectivity index (χ0n) is 19.4. The van der Waals surface area contributed by atoms with Crippen molar-refractivity contribution in [2.45, 2.75) is 52.2 Å². The van der Waals surface area contributed by atoms with Gasteiger partial charge in [0, 0.05) is 51.9 Å². The minimum atomic E-state index is -0.109. The molecule has 8 heteroatoms. The minimum Gasteiger partial charge on any atom is -0.493 e. The molecule has 178 valence electrons. The Labute approximate surface area is 205 Å². The fraction of sp³-hybridized carbons (Fsp3) is 0.696. The van der Waals surface area contributed by atoms with Crippen molar-refractivity contribution >= 4 is 29.9 Å². The number of aliphatic hydroxyl groups is 1. The molecule has 0 amide bonds. The molecule has 1 aromatic carbocycles. The molecule has 0 atom stereocenters. The number of methoxy groups -OCH3 is 1. The van der Waals surface area contributed by atoms with Crippen LogP contribution < -0.4 is 15.4 Å². The van der Waals surface area contributed by atoms with E-state index < -0.39 is 0 Å². The molecular weight excluding hydrogens is 507 g/mol. The van der Waals surface area contributed by atoms with Crippen LogP contribution in [0.2, 0.25) is 0 Å². The Hall–Kier alpha value is -1.10. The zero-order chi connectivity index (χ0) is 21.6. The molecule has 2 rings (SSSR count). The molecule has 3 N–H and O–H groups in total. The Bertz CT molecular complexity index is 637. The normalized spacial score (nSPS) is 15.4. The van der Waals surface area contributed by atoms with E-state index in [1.807, 2.05) is 0 Å². The molecule has 1 saturated heterocycles. The number of aryl methyl sites for hydroxylation is 1. The number of hydrogen-bond acceptors (Lipinski definition) is 5. The molecule has 1 fully saturated rings. The number of hydrogen-bond donors (Lipinski definition) is 3. The highest BCUT2D eigenvalue weighted by Gasteiger charge is 2.16. The fourth-order valence-corrected chi connectivity index (χ4v) is 3.47. The number of guanidine groups is 1. The van der Waals surface area contributed by atoms with E-state index in [9.17, 15) is 5.11 Å². The second-order valence-electron chi connectivity index (χ2n) is 7.85. The van der Waals surface area contributed by atoms with Crippen LogP contribution in [0.3, 0.4) is 0 Å². The Morgan fingerprint density at radius 2 is 1.97 bits per heavy atom. The maximum atomic E-state index is 9.61. The van der Waals surface area contributed by atoms with Gasteiger partial charge in [0.25, 0.3) is 0 Å². The summed E-state index contributed by atoms with van der Waals surface area (Å²) in [5, 5.41) is 16.4. The van der Waals surface area contributed by atoms with Crippen LogP contribution in [0.4, 0.5) is 0 Å². The first kappa shape index (κ1) is 27.9. The van der Waals surface area contributed by atoms with Gasteiger partial charge < -0.3 is 30.1 Å². The summed E-state index contributed by atoms with van der Waals surface area (Å²) in [6, 6.07) is 6.27. The predicted molar refractivity (Wildman–Crippen MR) is 138 cm³/mol. The monoisotopic (exact) mass is 548 g/mol. The van der Waals surface area contributed by atoms with Gasteiger partial charge >= 0.3 is 0 Å². The fourth-order valence-electron chi connectivity index (χ4n) is 3.47. The summed E-state index contributed by atoms with van der Waals surface area (Å²) in [6.07, 6.45) is 3.60. The van der Waals surface area contributed by atoms with Crippen LogP contribution in [0.5, 0.6) is 5.75 Å². The third kappa shape index (κ3) is 11.4. The van der Waals surface area contributed by atoms with Crippen molar-refractivity contribution in [3.05, 3.63) is 29.3 Å². The van der Waals surface area contributed by atoms with Crippen LogP contribution in [0.25, 0.3) is 0 Å². The highest BCUT2D eigenvalue weighted by atomic mass is 127. The Morgan fingerprint density at radius 1 is 1.19 bits per heavy atom. The van der Waals surface area contributed by atoms with Crippen molar-refractivity contribution in [2.24, 2.45) is 4.99 Å². The lowest BCUT2D eigenvalue weighted by Crippen LogP contribution is -2.40. The molecule has 0 radical (unpaired) electrons. The average Bonchev–Trinajstić information content (AvgIpc) is 2.74. The largest absolute Gasteiger partial charge is 0.493 e. The first-order chi connectivity index (χ1) is 14.6. The van der Waals surface area contributed by atoms with E-state index in [-0.39, 0.29) is 30.1 Å². The quantitative estimate of drug-likeness (QED) is 0.162. The first-order valence-electron chi connectivity index (χ1n) is 11.3. The molecular formula is C23H41IN4O3. The van der Waals surface area contributed by atoms with Crippen molar-refractivity contribution in [3.8, 4) is 5.75 Å². The topological polar surface area (TPSA) is 78.4 Å². The minimum absolute atomic E-state index is 0. The molecule has 31 heavy (non-hydrogen) atoms. The summed E-state index contributed by atoms with van der Waals surface area (Å²) < 4.78 is 11.1. The van der Waals surface area contributed by atoms with Gasteiger partial charge in [-0.3, -0.25) is 0 Å². The standard InChI is InChI=1S/C23H40N4O3.HI/c1-4-24-23(25-11-5-12-27-13-9-21(28)10-14-27)26-18-20-8-7-19(2)17-22(20)30-16-6-15-29-3;/h7-8,17,21,28H,4-6,9-16,18H2,1-3H3,(H2,24,25,26);1H. The van der Waals surface area contributed by atoms with Crippen molar-refractivity contribution < 1.29 is 14.6 Å². The lowest BCUT2D eigenvalue weighted by molar-refractivity contribution is 0.0823. The van der Waals surface area contributed by atoms with Gasteiger partial charge in [-0.05, 0) is 51.3 Å². The first-order valence-corrected chi connectivity index (χ1v) is 11.3. The van der Waals surface area contributed by atoms with Gasteiger partial charge in [-0.2, -0.15) is 0 Å². The highest BCUT2D eigenvalue weighted by molar-refractivity contribution is 14.0. The number of likely N-dealkylation sites (tertiary alicyclic amines) is 1. The van der Waals surface area contributed by atoms with Crippen molar-refractivity contribution in [2.75, 3.05) is 53.0 Å². The number of halogens is 1. The maximum absolute atomic E-state index is 9.61. The summed E-state index contributed by atoms with van der Waals surface area (Å²) in [5.74, 6) is 1.73. The molecule has 7 nitrogen and oxygen atoms in total. The van der Waals surface area contributed by atoms with Crippen molar-refractivity contribution in [3.63, 3.8) is 0 Å². The number of ether oxygens (including phenoxy) is 2. The van der Waals surface area contributed by atoms with Crippen LogP contribution in [-0.2, 0) is 11.3 Å². The van der Waals surface area contributed by atoms with Gasteiger partial charge in [-0.15, -0.1) is 24.0 Å². The molecule has 1 aliphatic rings. The molecule has 0 unspecified atom stereocenters. The van der Waals surface area contributed by atoms with Crippen LogP contribution in [-0.4, -0.2) is 75.1 Å². The number of rotatable bonds is 12. The highest BCUT2D eigenvalue weighted by Crippen LogP contribution is 2.21. The van der Waals surface area contributed by atoms with Crippen LogP contribution in [0.15, 0.2) is 23.2 Å². The predicted octanol–water partition coefficient (Wildman–Crippen LogP) is 2.93. The molecule has 0 aromatic heterocycles. The van der Waals surface area contributed by atoms with Crippen molar-refractivity contribution in [1.82, 2.24) is 15.5 Å². The zero-order valence-corrected chi connectivity index (χ0v) is 21.7. The van der Waals surface area contributed by atoms with Gasteiger partial charge in [0.2, 0.25) is 0 Å². The van der Waals surface area contributed by atoms with Gasteiger partial charge in [0.15, 0.2) is 5.96 Å². The van der Waals surface area contributed by atoms with Gasteiger partial charge in [0.05, 0.1) is 19.3 Å². The maximum Gasteiger partial charge on any atom is 0.191 e. The second kappa shape index (κ2) is 16.5. The van der Waals surface area contributed by atoms with Crippen LogP contribution in [0.1, 0.15) is 43.7 Å². The Balaban J connectivity index is 0.00000480. The van der Waals surface area contributed by atoms with Crippen LogP contribution >= 0.6 is 24.0 Å². The van der Waals surface area contributed by atoms with E-state index in [1.54, 1.807) is 7.11 Å². The number of nitrogens with zero attached hydrogens (tertiary/aromatic N) is 2. The number of piperidine rings is 1. The van der Waals surface area contributed by atoms with E-state index in [0.29, 0.717) is 19.8 Å². The molecule has 1 heterocycles. The van der Waals surface area contributed by atoms with E-state index in [2.05, 4.69) is 47.6 Å². The summed E-state index contributed by atoms with van der Waals surface area (Å²) >= 11 is 0. The molecule has 0 aliphatic carbocycles. The Morgan fingerprint density at radius 3 is 2.68 bits per heavy atom.